The van der Waals surface area contributed by atoms with E-state index in [0.29, 0.717) is 57.4 Å². The second-order valence-corrected chi connectivity index (χ2v) is 22.2. The third kappa shape index (κ3) is 9.19. The lowest BCUT2D eigenvalue weighted by atomic mass is 9.82. The highest BCUT2D eigenvalue weighted by molar-refractivity contribution is 6.11. The monoisotopic (exact) mass is 1060 g/mol. The van der Waals surface area contributed by atoms with Crippen molar-refractivity contribution in [3.8, 4) is 51.0 Å². The Labute approximate surface area is 487 Å². The van der Waals surface area contributed by atoms with Gasteiger partial charge in [-0.25, -0.2) is 19.9 Å². The van der Waals surface area contributed by atoms with Crippen molar-refractivity contribution in [1.82, 2.24) is 33.7 Å². The molecule has 392 valence electrons. The third-order valence-electron chi connectivity index (χ3n) is 15.2. The van der Waals surface area contributed by atoms with E-state index in [4.69, 9.17) is 32.9 Å². The minimum atomic E-state index is -0.700. The van der Waals surface area contributed by atoms with Crippen LogP contribution in [-0.2, 0) is 16.2 Å². The molecular weight excluding hydrogens is 991 g/mol. The summed E-state index contributed by atoms with van der Waals surface area (Å²) in [4.78, 5) is 21.2. The quantitative estimate of drug-likeness (QED) is 0.114. The Bertz CT molecular complexity index is 4840. The zero-order valence-electron chi connectivity index (χ0n) is 55.9. The minimum absolute atomic E-state index is 0.132. The second kappa shape index (κ2) is 20.1. The summed E-state index contributed by atoms with van der Waals surface area (Å²) < 4.78 is 102. The van der Waals surface area contributed by atoms with E-state index in [-0.39, 0.29) is 27.9 Å². The zero-order chi connectivity index (χ0) is 64.2. The smallest absolute Gasteiger partial charge is 0.456 e. The first-order valence-electron chi connectivity index (χ1n) is 31.9. The number of nitrogens with zero attached hydrogens (tertiary/aromatic N) is 7. The third-order valence-corrected chi connectivity index (χ3v) is 15.2. The number of aromatic nitrogens is 5. The summed E-state index contributed by atoms with van der Waals surface area (Å²) in [5.41, 5.74) is 5.19. The summed E-state index contributed by atoms with van der Waals surface area (Å²) in [6.07, 6.45) is 1.77. The molecule has 1 aliphatic heterocycles. The lowest BCUT2D eigenvalue weighted by Crippen LogP contribution is -2.29. The predicted octanol–water partition coefficient (Wildman–Crippen LogP) is 18.0. The molecule has 0 radical (unpaired) electrons. The SMILES string of the molecule is [2H]c1c([2H])c([2H])c(-c2cccc(-c3c([2H])c([2H])c([2H])c([2H])c3[2H])c2[N+]2=C=[N+](c3cc(Oc4cc5c(cc4-c4nc(C(C)(C)c6ccccc6)nc(C(C)(C)c6ccccc6)n4)c4ccccc4n5-c4ccccn4)cc(C(C)(C)C)c3)c3ccccc32)c([2H])c1[2H]. The molecule has 0 unspecified atom stereocenters. The number of para-hydroxylation sites is 4. The highest BCUT2D eigenvalue weighted by atomic mass is 16.5. The molecule has 12 aromatic rings. The second-order valence-electron chi connectivity index (χ2n) is 22.2. The Morgan fingerprint density at radius 1 is 0.481 bits per heavy atom. The average molecular weight is 1060 g/mol. The van der Waals surface area contributed by atoms with Gasteiger partial charge in [0.05, 0.1) is 47.5 Å². The van der Waals surface area contributed by atoms with Crippen molar-refractivity contribution in [2.24, 2.45) is 0 Å². The van der Waals surface area contributed by atoms with Crippen LogP contribution >= 0.6 is 0 Å². The van der Waals surface area contributed by atoms with Crippen molar-refractivity contribution in [3.63, 3.8) is 0 Å². The van der Waals surface area contributed by atoms with E-state index in [1.165, 1.54) is 0 Å². The van der Waals surface area contributed by atoms with E-state index < -0.39 is 76.7 Å². The van der Waals surface area contributed by atoms with Crippen LogP contribution in [0.15, 0.2) is 243 Å². The van der Waals surface area contributed by atoms with Crippen LogP contribution in [0.5, 0.6) is 11.5 Å². The lowest BCUT2D eigenvalue weighted by molar-refractivity contribution is 0.479. The van der Waals surface area contributed by atoms with Gasteiger partial charge in [-0.2, -0.15) is 0 Å². The molecule has 9 aromatic carbocycles. The highest BCUT2D eigenvalue weighted by Crippen LogP contribution is 2.47. The fourth-order valence-corrected chi connectivity index (χ4v) is 10.7. The number of rotatable bonds is 12. The number of hydrogen-bond donors (Lipinski definition) is 0. The first-order chi connectivity index (χ1) is 43.4. The number of hydrogen-bond acceptors (Lipinski definition) is 5. The van der Waals surface area contributed by atoms with Crippen LogP contribution in [0.1, 0.15) is 90.5 Å². The van der Waals surface area contributed by atoms with Crippen molar-refractivity contribution in [1.29, 1.82) is 0 Å². The average Bonchev–Trinajstić information content (AvgIpc) is 1.70. The number of fused-ring (bicyclic) bond motifs is 4. The molecule has 4 heterocycles. The fraction of sp³-hybridized carbons (Fsp3) is 0.137. The summed E-state index contributed by atoms with van der Waals surface area (Å²) in [6, 6.07) is 54.9. The van der Waals surface area contributed by atoms with E-state index in [0.717, 1.165) is 38.5 Å². The van der Waals surface area contributed by atoms with Gasteiger partial charge in [-0.1, -0.05) is 184 Å². The minimum Gasteiger partial charge on any atom is -0.456 e. The summed E-state index contributed by atoms with van der Waals surface area (Å²) in [5.74, 6) is 3.08. The Morgan fingerprint density at radius 2 is 1.05 bits per heavy atom. The largest absolute Gasteiger partial charge is 0.503 e. The van der Waals surface area contributed by atoms with E-state index >= 15 is 0 Å². The van der Waals surface area contributed by atoms with Gasteiger partial charge in [-0.3, -0.25) is 4.57 Å². The summed E-state index contributed by atoms with van der Waals surface area (Å²) in [6.45, 7) is 14.8. The first-order valence-corrected chi connectivity index (χ1v) is 26.9. The van der Waals surface area contributed by atoms with Gasteiger partial charge >= 0.3 is 6.01 Å². The van der Waals surface area contributed by atoms with Gasteiger partial charge in [0.2, 0.25) is 11.4 Å². The number of ether oxygens (including phenoxy) is 1. The van der Waals surface area contributed by atoms with Crippen LogP contribution in [0.25, 0.3) is 61.3 Å². The normalized spacial score (nSPS) is 14.3. The highest BCUT2D eigenvalue weighted by Gasteiger charge is 2.40. The van der Waals surface area contributed by atoms with Crippen molar-refractivity contribution in [2.45, 2.75) is 64.7 Å². The first kappa shape index (κ1) is 40.3. The van der Waals surface area contributed by atoms with Crippen LogP contribution in [0, 0.1) is 0 Å². The van der Waals surface area contributed by atoms with Crippen molar-refractivity contribution < 1.29 is 18.4 Å². The molecule has 81 heavy (non-hydrogen) atoms. The molecule has 3 aromatic heterocycles. The molecule has 0 atom stereocenters. The Hall–Kier alpha value is -9.88. The maximum atomic E-state index is 9.25. The maximum Gasteiger partial charge on any atom is 0.503 e. The summed E-state index contributed by atoms with van der Waals surface area (Å²) in [7, 11) is 0. The molecule has 0 amide bonds. The van der Waals surface area contributed by atoms with Gasteiger partial charge in [0.15, 0.2) is 5.82 Å². The predicted molar refractivity (Wildman–Crippen MR) is 331 cm³/mol. The lowest BCUT2D eigenvalue weighted by Gasteiger charge is -2.29. The molecule has 0 bridgehead atoms. The molecule has 0 aliphatic carbocycles. The molecule has 0 saturated heterocycles. The van der Waals surface area contributed by atoms with Crippen molar-refractivity contribution >= 4 is 50.6 Å². The maximum absolute atomic E-state index is 9.25. The van der Waals surface area contributed by atoms with Gasteiger partial charge in [0.1, 0.15) is 29.0 Å². The van der Waals surface area contributed by atoms with Crippen LogP contribution < -0.4 is 13.9 Å². The topological polar surface area (TPSA) is 71.7 Å². The van der Waals surface area contributed by atoms with Gasteiger partial charge < -0.3 is 4.74 Å². The molecule has 1 aliphatic rings. The molecule has 8 heteroatoms. The van der Waals surface area contributed by atoms with Crippen molar-refractivity contribution in [3.05, 3.63) is 271 Å². The van der Waals surface area contributed by atoms with Crippen molar-refractivity contribution in [2.75, 3.05) is 0 Å². The van der Waals surface area contributed by atoms with Gasteiger partial charge in [0, 0.05) is 52.1 Å². The summed E-state index contributed by atoms with van der Waals surface area (Å²) >= 11 is 0. The zero-order valence-corrected chi connectivity index (χ0v) is 45.9. The molecule has 8 nitrogen and oxygen atoms in total. The van der Waals surface area contributed by atoms with Crippen LogP contribution in [-0.4, -0.2) is 30.5 Å². The number of pyridine rings is 1. The van der Waals surface area contributed by atoms with E-state index in [9.17, 15) is 5.48 Å². The molecule has 0 N–H and O–H groups in total. The van der Waals surface area contributed by atoms with Gasteiger partial charge in [-0.05, 0) is 113 Å². The molecule has 13 rings (SSSR count). The van der Waals surface area contributed by atoms with E-state index in [2.05, 4.69) is 102 Å². The van der Waals surface area contributed by atoms with E-state index in [1.807, 2.05) is 120 Å². The van der Waals surface area contributed by atoms with Crippen LogP contribution in [0.2, 0.25) is 0 Å². The van der Waals surface area contributed by atoms with E-state index in [1.54, 1.807) is 29.0 Å². The Kier molecular flexibility index (Phi) is 10.0. The fourth-order valence-electron chi connectivity index (χ4n) is 10.7. The summed E-state index contributed by atoms with van der Waals surface area (Å²) in [5, 5.41) is 1.88. The molecule has 0 spiro atoms. The molecule has 0 saturated carbocycles. The Balaban J connectivity index is 1.09. The number of benzene rings is 9. The van der Waals surface area contributed by atoms with Gasteiger partial charge in [0.25, 0.3) is 11.4 Å². The standard InChI is InChI=1S/C73H61N7O/c1-71(2,3)53-43-54(78-48-79(63-40-23-22-39-62(63)78)67-56(49-27-12-8-13-28-49)36-26-37-57(67)50-29-14-9-15-30-50)45-55(44-53)81-65-47-64-59(58-35-20-21-38-61(58)80(64)66-41-24-25-42-74-66)46-60(65)68-75-69(72(4,5)51-31-16-10-17-32-51)77-70(76-68)73(6,7)52-33-18-11-19-34-52/h8-47H,1-7H3/q+2/i8D,9D,12D,13D,14D,15D,27D,28D,29D,30D. The van der Waals surface area contributed by atoms with Crippen LogP contribution in [0.3, 0.4) is 0 Å². The molecular formula is C73H61N7O+2. The van der Waals surface area contributed by atoms with Crippen LogP contribution in [0.4, 0.5) is 22.7 Å². The van der Waals surface area contributed by atoms with Gasteiger partial charge in [-0.15, -0.1) is 0 Å². The Morgan fingerprint density at radius 3 is 1.64 bits per heavy atom. The molecule has 0 fully saturated rings.